The topological polar surface area (TPSA) is 66.8 Å². The minimum atomic E-state index is -2.21. The molecule has 4 nitrogen and oxygen atoms in total. The summed E-state index contributed by atoms with van der Waals surface area (Å²) in [6.07, 6.45) is 0.673. The molecule has 2 N–H and O–H groups in total. The predicted octanol–water partition coefficient (Wildman–Crippen LogP) is -0.0793. The molecule has 0 aromatic rings. The molecule has 1 atom stereocenters. The van der Waals surface area contributed by atoms with Crippen LogP contribution >= 0.6 is 0 Å². The Hall–Kier alpha value is -1.05. The van der Waals surface area contributed by atoms with Crippen molar-refractivity contribution < 1.29 is 28.4 Å². The maximum atomic E-state index is 13.2. The fourth-order valence-electron chi connectivity index (χ4n) is 1.24. The quantitative estimate of drug-likeness (QED) is 0.650. The molecule has 0 aliphatic heterocycles. The Bertz CT molecular complexity index is 338. The van der Waals surface area contributed by atoms with Crippen LogP contribution in [0.1, 0.15) is 0 Å². The van der Waals surface area contributed by atoms with Crippen molar-refractivity contribution in [1.29, 1.82) is 0 Å². The molecule has 0 saturated carbocycles. The Kier molecular flexibility index (Phi) is 3.73. The number of hydrogen-bond acceptors (Lipinski definition) is 4. The van der Waals surface area contributed by atoms with Gasteiger partial charge in [0.05, 0.1) is 12.5 Å². The number of carbonyl (C=O) groups is 1. The predicted molar refractivity (Wildman–Crippen MR) is 47.9 cm³/mol. The molecule has 15 heavy (non-hydrogen) atoms. The van der Waals surface area contributed by atoms with E-state index < -0.39 is 35.9 Å². The summed E-state index contributed by atoms with van der Waals surface area (Å²) in [5.41, 5.74) is -0.759. The summed E-state index contributed by atoms with van der Waals surface area (Å²) in [4.78, 5) is 11.2. The molecule has 0 bridgehead atoms. The summed E-state index contributed by atoms with van der Waals surface area (Å²) in [6, 6.07) is 0. The zero-order valence-electron chi connectivity index (χ0n) is 7.91. The first-order chi connectivity index (χ1) is 6.99. The Labute approximate surface area is 85.0 Å². The van der Waals surface area contributed by atoms with E-state index in [-0.39, 0.29) is 6.61 Å². The SMILES string of the molecule is COCC1C(=O)C=C(B(O)O)C(F)=C1F. The monoisotopic (exact) mass is 218 g/mol. The van der Waals surface area contributed by atoms with Crippen LogP contribution in [0.3, 0.4) is 0 Å². The number of carbonyl (C=O) groups excluding carboxylic acids is 1. The van der Waals surface area contributed by atoms with Gasteiger partial charge in [-0.2, -0.15) is 0 Å². The fourth-order valence-corrected chi connectivity index (χ4v) is 1.24. The minimum absolute atomic E-state index is 0.288. The normalized spacial score (nSPS) is 21.8. The average molecular weight is 218 g/mol. The Balaban J connectivity index is 3.04. The van der Waals surface area contributed by atoms with Crippen LogP contribution in [0, 0.1) is 5.92 Å². The molecule has 0 heterocycles. The smallest absolute Gasteiger partial charge is 0.423 e. The largest absolute Gasteiger partial charge is 0.491 e. The average Bonchev–Trinajstić information content (AvgIpc) is 2.18. The van der Waals surface area contributed by atoms with E-state index in [1.807, 2.05) is 0 Å². The highest BCUT2D eigenvalue weighted by atomic mass is 19.2. The number of rotatable bonds is 3. The Morgan fingerprint density at radius 1 is 1.53 bits per heavy atom. The Morgan fingerprint density at radius 3 is 2.60 bits per heavy atom. The molecule has 0 amide bonds. The van der Waals surface area contributed by atoms with E-state index in [0.717, 1.165) is 0 Å². The first-order valence-electron chi connectivity index (χ1n) is 4.15. The highest BCUT2D eigenvalue weighted by Gasteiger charge is 2.35. The van der Waals surface area contributed by atoms with Crippen LogP contribution in [-0.2, 0) is 9.53 Å². The highest BCUT2D eigenvalue weighted by molar-refractivity contribution is 6.53. The van der Waals surface area contributed by atoms with Crippen LogP contribution in [0.2, 0.25) is 0 Å². The van der Waals surface area contributed by atoms with Gasteiger partial charge in [-0.05, 0) is 6.08 Å². The summed E-state index contributed by atoms with van der Waals surface area (Å²) >= 11 is 0. The number of allylic oxidation sites excluding steroid dienone is 3. The second-order valence-electron chi connectivity index (χ2n) is 3.05. The molecule has 82 valence electrons. The van der Waals surface area contributed by atoms with Crippen molar-refractivity contribution in [3.05, 3.63) is 23.2 Å². The fraction of sp³-hybridized carbons (Fsp3) is 0.375. The van der Waals surface area contributed by atoms with E-state index in [1.54, 1.807) is 0 Å². The maximum absolute atomic E-state index is 13.2. The van der Waals surface area contributed by atoms with Gasteiger partial charge in [0.1, 0.15) is 5.83 Å². The second kappa shape index (κ2) is 4.65. The van der Waals surface area contributed by atoms with Gasteiger partial charge in [-0.25, -0.2) is 8.78 Å². The van der Waals surface area contributed by atoms with Gasteiger partial charge < -0.3 is 14.8 Å². The van der Waals surface area contributed by atoms with Gasteiger partial charge in [-0.3, -0.25) is 4.79 Å². The van der Waals surface area contributed by atoms with Gasteiger partial charge in [0.15, 0.2) is 11.6 Å². The van der Waals surface area contributed by atoms with Gasteiger partial charge in [0, 0.05) is 12.6 Å². The van der Waals surface area contributed by atoms with E-state index in [2.05, 4.69) is 4.74 Å². The standard InChI is InChI=1S/C8H9BF2O4/c1-15-3-4-6(12)2-5(9(13)14)8(11)7(4)10/h2,4,13-14H,3H2,1H3. The van der Waals surface area contributed by atoms with Crippen molar-refractivity contribution >= 4 is 12.9 Å². The molecule has 7 heteroatoms. The van der Waals surface area contributed by atoms with Crippen molar-refractivity contribution in [3.8, 4) is 0 Å². The van der Waals surface area contributed by atoms with Gasteiger partial charge in [0.25, 0.3) is 0 Å². The molecule has 0 aromatic carbocycles. The summed E-state index contributed by atoms with van der Waals surface area (Å²) in [5, 5.41) is 17.3. The lowest BCUT2D eigenvalue weighted by molar-refractivity contribution is -0.119. The third kappa shape index (κ3) is 2.31. The summed E-state index contributed by atoms with van der Waals surface area (Å²) in [5.74, 6) is -4.82. The van der Waals surface area contributed by atoms with Crippen molar-refractivity contribution in [2.45, 2.75) is 0 Å². The van der Waals surface area contributed by atoms with E-state index in [9.17, 15) is 13.6 Å². The zero-order chi connectivity index (χ0) is 11.6. The lowest BCUT2D eigenvalue weighted by Crippen LogP contribution is -2.28. The maximum Gasteiger partial charge on any atom is 0.491 e. The summed E-state index contributed by atoms with van der Waals surface area (Å²) in [7, 11) is -0.957. The molecular formula is C8H9BF2O4. The van der Waals surface area contributed by atoms with Crippen LogP contribution < -0.4 is 0 Å². The Morgan fingerprint density at radius 2 is 2.13 bits per heavy atom. The number of hydrogen-bond donors (Lipinski definition) is 2. The lowest BCUT2D eigenvalue weighted by atomic mass is 9.74. The van der Waals surface area contributed by atoms with E-state index >= 15 is 0 Å². The first-order valence-corrected chi connectivity index (χ1v) is 4.15. The van der Waals surface area contributed by atoms with Crippen LogP contribution in [-0.4, -0.2) is 36.7 Å². The van der Waals surface area contributed by atoms with Crippen molar-refractivity contribution in [2.24, 2.45) is 5.92 Å². The van der Waals surface area contributed by atoms with Crippen LogP contribution in [0.25, 0.3) is 0 Å². The molecule has 0 aromatic heterocycles. The van der Waals surface area contributed by atoms with Crippen molar-refractivity contribution in [2.75, 3.05) is 13.7 Å². The van der Waals surface area contributed by atoms with Crippen molar-refractivity contribution in [3.63, 3.8) is 0 Å². The molecule has 0 spiro atoms. The van der Waals surface area contributed by atoms with E-state index in [1.165, 1.54) is 7.11 Å². The molecule has 0 saturated heterocycles. The molecule has 1 aliphatic rings. The number of methoxy groups -OCH3 is 1. The molecule has 1 rings (SSSR count). The van der Waals surface area contributed by atoms with Crippen molar-refractivity contribution in [1.82, 2.24) is 0 Å². The number of ether oxygens (including phenoxy) is 1. The zero-order valence-corrected chi connectivity index (χ0v) is 7.91. The van der Waals surface area contributed by atoms with Gasteiger partial charge >= 0.3 is 7.12 Å². The first kappa shape index (κ1) is 12.0. The molecule has 0 fully saturated rings. The molecule has 0 radical (unpaired) electrons. The lowest BCUT2D eigenvalue weighted by Gasteiger charge is -2.18. The van der Waals surface area contributed by atoms with Gasteiger partial charge in [0.2, 0.25) is 0 Å². The van der Waals surface area contributed by atoms with Crippen LogP contribution in [0.15, 0.2) is 23.2 Å². The van der Waals surface area contributed by atoms with Crippen LogP contribution in [0.5, 0.6) is 0 Å². The minimum Gasteiger partial charge on any atom is -0.423 e. The second-order valence-corrected chi connectivity index (χ2v) is 3.05. The highest BCUT2D eigenvalue weighted by Crippen LogP contribution is 2.30. The number of halogens is 2. The van der Waals surface area contributed by atoms with E-state index in [0.29, 0.717) is 6.08 Å². The van der Waals surface area contributed by atoms with Gasteiger partial charge in [-0.1, -0.05) is 0 Å². The molecular weight excluding hydrogens is 209 g/mol. The third-order valence-corrected chi connectivity index (χ3v) is 2.02. The van der Waals surface area contributed by atoms with Gasteiger partial charge in [-0.15, -0.1) is 0 Å². The summed E-state index contributed by atoms with van der Waals surface area (Å²) < 4.78 is 30.9. The number of ketones is 1. The van der Waals surface area contributed by atoms with Crippen LogP contribution in [0.4, 0.5) is 8.78 Å². The van der Waals surface area contributed by atoms with E-state index in [4.69, 9.17) is 10.0 Å². The molecule has 1 unspecified atom stereocenters. The molecule has 1 aliphatic carbocycles. The summed E-state index contributed by atoms with van der Waals surface area (Å²) in [6.45, 7) is -0.288. The third-order valence-electron chi connectivity index (χ3n) is 2.02.